The van der Waals surface area contributed by atoms with E-state index in [0.717, 1.165) is 22.0 Å². The summed E-state index contributed by atoms with van der Waals surface area (Å²) in [6.45, 7) is 0.636. The molecule has 5 aromatic rings. The zero-order chi connectivity index (χ0) is 21.2. The van der Waals surface area contributed by atoms with Crippen LogP contribution < -0.4 is 10.6 Å². The van der Waals surface area contributed by atoms with Crippen LogP contribution in [-0.4, -0.2) is 33.0 Å². The average molecular weight is 412 g/mol. The molecular weight excluding hydrogens is 392 g/mol. The summed E-state index contributed by atoms with van der Waals surface area (Å²) in [5, 5.41) is 8.65. The van der Waals surface area contributed by atoms with Gasteiger partial charge in [0.2, 0.25) is 5.95 Å². The van der Waals surface area contributed by atoms with Gasteiger partial charge < -0.3 is 25.3 Å². The van der Waals surface area contributed by atoms with E-state index in [2.05, 4.69) is 54.8 Å². The van der Waals surface area contributed by atoms with E-state index >= 15 is 0 Å². The number of nitrogens with zero attached hydrogens (tertiary/aromatic N) is 2. The van der Waals surface area contributed by atoms with Gasteiger partial charge in [0.05, 0.1) is 18.4 Å². The van der Waals surface area contributed by atoms with Gasteiger partial charge in [0.15, 0.2) is 0 Å². The lowest BCUT2D eigenvalue weighted by atomic mass is 10.1. The molecule has 3 aromatic heterocycles. The van der Waals surface area contributed by atoms with E-state index in [4.69, 9.17) is 4.74 Å². The van der Waals surface area contributed by atoms with E-state index in [9.17, 15) is 4.79 Å². The fraction of sp³-hybridized carbons (Fsp3) is 0.0870. The summed E-state index contributed by atoms with van der Waals surface area (Å²) in [7, 11) is 1.36. The molecule has 0 amide bonds. The van der Waals surface area contributed by atoms with Crippen LogP contribution in [-0.2, 0) is 11.3 Å². The molecule has 0 bridgehead atoms. The van der Waals surface area contributed by atoms with Crippen LogP contribution in [0.5, 0.6) is 0 Å². The highest BCUT2D eigenvalue weighted by atomic mass is 16.5. The number of aromatic amines is 2. The molecule has 0 aliphatic rings. The summed E-state index contributed by atoms with van der Waals surface area (Å²) in [5.41, 5.74) is 4.24. The number of methoxy groups -OCH3 is 1. The minimum atomic E-state index is -0.407. The fourth-order valence-electron chi connectivity index (χ4n) is 3.55. The van der Waals surface area contributed by atoms with Crippen molar-refractivity contribution in [3.8, 4) is 0 Å². The highest BCUT2D eigenvalue weighted by molar-refractivity contribution is 6.01. The molecule has 0 aliphatic carbocycles. The highest BCUT2D eigenvalue weighted by Crippen LogP contribution is 2.27. The summed E-state index contributed by atoms with van der Waals surface area (Å²) in [6, 6.07) is 15.6. The first kappa shape index (κ1) is 18.7. The van der Waals surface area contributed by atoms with E-state index < -0.39 is 5.97 Å². The van der Waals surface area contributed by atoms with Crippen molar-refractivity contribution in [3.05, 3.63) is 78.2 Å². The number of rotatable bonds is 6. The molecule has 0 saturated carbocycles. The highest BCUT2D eigenvalue weighted by Gasteiger charge is 2.12. The number of anilines is 3. The first-order valence-electron chi connectivity index (χ1n) is 9.79. The lowest BCUT2D eigenvalue weighted by Gasteiger charge is -2.11. The summed E-state index contributed by atoms with van der Waals surface area (Å²) in [5.74, 6) is 0.715. The maximum atomic E-state index is 12.0. The Bertz CT molecular complexity index is 1390. The number of benzene rings is 2. The molecule has 0 spiro atoms. The molecule has 4 N–H and O–H groups in total. The molecule has 0 unspecified atom stereocenters. The molecular formula is C23H20N6O2. The number of esters is 1. The molecule has 0 fully saturated rings. The Balaban J connectivity index is 1.36. The maximum Gasteiger partial charge on any atom is 0.337 e. The van der Waals surface area contributed by atoms with E-state index in [-0.39, 0.29) is 0 Å². The zero-order valence-electron chi connectivity index (χ0n) is 16.8. The van der Waals surface area contributed by atoms with Crippen molar-refractivity contribution >= 4 is 45.2 Å². The van der Waals surface area contributed by atoms with Crippen molar-refractivity contribution in [2.45, 2.75) is 6.54 Å². The Morgan fingerprint density at radius 2 is 1.90 bits per heavy atom. The SMILES string of the molecule is COC(=O)c1cc(Nc2nccc(NCc3ccc4[nH]ccc4c3)n2)c2cc[nH]c2c1. The number of hydrogen-bond acceptors (Lipinski definition) is 6. The number of nitrogens with one attached hydrogen (secondary N) is 4. The van der Waals surface area contributed by atoms with E-state index in [1.54, 1.807) is 18.3 Å². The number of H-pyrrole nitrogens is 2. The van der Waals surface area contributed by atoms with Crippen molar-refractivity contribution in [3.63, 3.8) is 0 Å². The van der Waals surface area contributed by atoms with Crippen molar-refractivity contribution < 1.29 is 9.53 Å². The van der Waals surface area contributed by atoms with Gasteiger partial charge in [-0.25, -0.2) is 9.78 Å². The van der Waals surface area contributed by atoms with Gasteiger partial charge in [-0.05, 0) is 53.4 Å². The molecule has 8 nitrogen and oxygen atoms in total. The third kappa shape index (κ3) is 3.78. The van der Waals surface area contributed by atoms with Gasteiger partial charge in [-0.15, -0.1) is 0 Å². The van der Waals surface area contributed by atoms with Gasteiger partial charge in [-0.1, -0.05) is 6.07 Å². The molecule has 3 heterocycles. The van der Waals surface area contributed by atoms with Crippen LogP contribution in [0.25, 0.3) is 21.8 Å². The van der Waals surface area contributed by atoms with Gasteiger partial charge in [-0.2, -0.15) is 4.98 Å². The number of ether oxygens (including phenoxy) is 1. The topological polar surface area (TPSA) is 108 Å². The largest absolute Gasteiger partial charge is 0.465 e. The van der Waals surface area contributed by atoms with Gasteiger partial charge in [0, 0.05) is 41.6 Å². The molecule has 31 heavy (non-hydrogen) atoms. The normalized spacial score (nSPS) is 11.0. The van der Waals surface area contributed by atoms with Crippen LogP contribution in [0.2, 0.25) is 0 Å². The first-order chi connectivity index (χ1) is 15.2. The van der Waals surface area contributed by atoms with E-state index in [0.29, 0.717) is 29.6 Å². The second-order valence-electron chi connectivity index (χ2n) is 7.10. The van der Waals surface area contributed by atoms with E-state index in [1.807, 2.05) is 24.5 Å². The second-order valence-corrected chi connectivity index (χ2v) is 7.10. The van der Waals surface area contributed by atoms with Crippen LogP contribution in [0.15, 0.2) is 67.1 Å². The van der Waals surface area contributed by atoms with E-state index in [1.165, 1.54) is 12.5 Å². The molecule has 154 valence electrons. The van der Waals surface area contributed by atoms with Crippen LogP contribution in [0.1, 0.15) is 15.9 Å². The lowest BCUT2D eigenvalue weighted by molar-refractivity contribution is 0.0601. The third-order valence-corrected chi connectivity index (χ3v) is 5.08. The Kier molecular flexibility index (Phi) is 4.72. The van der Waals surface area contributed by atoms with Crippen LogP contribution in [0.3, 0.4) is 0 Å². The monoisotopic (exact) mass is 412 g/mol. The van der Waals surface area contributed by atoms with Crippen LogP contribution >= 0.6 is 0 Å². The number of carbonyl (C=O) groups excluding carboxylic acids is 1. The van der Waals surface area contributed by atoms with Gasteiger partial charge in [-0.3, -0.25) is 0 Å². The smallest absolute Gasteiger partial charge is 0.337 e. The fourth-order valence-corrected chi connectivity index (χ4v) is 3.55. The Morgan fingerprint density at radius 1 is 1.03 bits per heavy atom. The molecule has 5 rings (SSSR count). The minimum absolute atomic E-state index is 0.407. The number of carbonyl (C=O) groups is 1. The van der Waals surface area contributed by atoms with Gasteiger partial charge in [0.1, 0.15) is 5.82 Å². The molecule has 0 saturated heterocycles. The molecule has 0 aliphatic heterocycles. The van der Waals surface area contributed by atoms with Crippen LogP contribution in [0, 0.1) is 0 Å². The predicted molar refractivity (Wildman–Crippen MR) is 121 cm³/mol. The molecule has 0 radical (unpaired) electrons. The van der Waals surface area contributed by atoms with Crippen molar-refractivity contribution in [1.82, 2.24) is 19.9 Å². The predicted octanol–water partition coefficient (Wildman–Crippen LogP) is 4.58. The average Bonchev–Trinajstić information content (AvgIpc) is 3.46. The van der Waals surface area contributed by atoms with Crippen molar-refractivity contribution in [2.24, 2.45) is 0 Å². The van der Waals surface area contributed by atoms with Gasteiger partial charge in [0.25, 0.3) is 0 Å². The first-order valence-corrected chi connectivity index (χ1v) is 9.79. The minimum Gasteiger partial charge on any atom is -0.465 e. The lowest BCUT2D eigenvalue weighted by Crippen LogP contribution is -2.05. The molecule has 0 atom stereocenters. The zero-order valence-corrected chi connectivity index (χ0v) is 16.8. The number of hydrogen-bond donors (Lipinski definition) is 4. The summed E-state index contributed by atoms with van der Waals surface area (Å²) >= 11 is 0. The Labute approximate surface area is 177 Å². The standard InChI is InChI=1S/C23H20N6O2/c1-31-22(30)16-11-19-17(5-8-25-19)20(12-16)28-23-26-9-6-21(29-23)27-13-14-2-3-18-15(10-14)4-7-24-18/h2-12,24-25H,13H2,1H3,(H2,26,27,28,29). The summed E-state index contributed by atoms with van der Waals surface area (Å²) in [4.78, 5) is 27.2. The van der Waals surface area contributed by atoms with Crippen molar-refractivity contribution in [1.29, 1.82) is 0 Å². The van der Waals surface area contributed by atoms with Gasteiger partial charge >= 0.3 is 5.97 Å². The van der Waals surface area contributed by atoms with Crippen LogP contribution in [0.4, 0.5) is 17.5 Å². The summed E-state index contributed by atoms with van der Waals surface area (Å²) < 4.78 is 4.86. The maximum absolute atomic E-state index is 12.0. The number of aromatic nitrogens is 4. The van der Waals surface area contributed by atoms with Crippen molar-refractivity contribution in [2.75, 3.05) is 17.7 Å². The Morgan fingerprint density at radius 3 is 2.81 bits per heavy atom. The summed E-state index contributed by atoms with van der Waals surface area (Å²) in [6.07, 6.45) is 5.43. The third-order valence-electron chi connectivity index (χ3n) is 5.08. The second kappa shape index (κ2) is 7.83. The number of fused-ring (bicyclic) bond motifs is 2. The Hall–Kier alpha value is -4.33. The quantitative estimate of drug-likeness (QED) is 0.304. The molecule has 8 heteroatoms. The molecule has 2 aromatic carbocycles.